The molecule has 0 unspecified atom stereocenters. The van der Waals surface area contributed by atoms with Crippen molar-refractivity contribution in [3.05, 3.63) is 72.3 Å². The predicted octanol–water partition coefficient (Wildman–Crippen LogP) is 3.58. The second-order valence-electron chi connectivity index (χ2n) is 6.20. The number of carbonyl (C=O) groups is 2. The summed E-state index contributed by atoms with van der Waals surface area (Å²) < 4.78 is 0. The third-order valence-electron chi connectivity index (χ3n) is 4.44. The normalized spacial score (nSPS) is 15.3. The molecule has 0 aliphatic carbocycles. The Morgan fingerprint density at radius 1 is 0.920 bits per heavy atom. The molecule has 1 fully saturated rings. The third kappa shape index (κ3) is 4.80. The van der Waals surface area contributed by atoms with Crippen LogP contribution in [-0.2, 0) is 9.59 Å². The first kappa shape index (κ1) is 17.0. The molecular formula is C21H22N2O2. The topological polar surface area (TPSA) is 49.4 Å². The Kier molecular flexibility index (Phi) is 5.62. The number of piperidine rings is 1. The van der Waals surface area contributed by atoms with E-state index in [9.17, 15) is 9.59 Å². The number of amides is 2. The average Bonchev–Trinajstić information content (AvgIpc) is 2.68. The molecule has 1 N–H and O–H groups in total. The highest BCUT2D eigenvalue weighted by Crippen LogP contribution is 2.20. The second-order valence-corrected chi connectivity index (χ2v) is 6.20. The van der Waals surface area contributed by atoms with Crippen LogP contribution in [0.25, 0.3) is 6.08 Å². The fourth-order valence-corrected chi connectivity index (χ4v) is 2.96. The number of benzene rings is 2. The van der Waals surface area contributed by atoms with Crippen LogP contribution >= 0.6 is 0 Å². The quantitative estimate of drug-likeness (QED) is 0.869. The highest BCUT2D eigenvalue weighted by atomic mass is 16.2. The lowest BCUT2D eigenvalue weighted by atomic mass is 9.95. The molecule has 0 saturated carbocycles. The van der Waals surface area contributed by atoms with Gasteiger partial charge in [0.2, 0.25) is 11.8 Å². The summed E-state index contributed by atoms with van der Waals surface area (Å²) >= 11 is 0. The highest BCUT2D eigenvalue weighted by molar-refractivity contribution is 5.94. The maximum Gasteiger partial charge on any atom is 0.246 e. The molecule has 0 spiro atoms. The van der Waals surface area contributed by atoms with Crippen LogP contribution < -0.4 is 5.32 Å². The first-order valence-electron chi connectivity index (χ1n) is 8.60. The fourth-order valence-electron chi connectivity index (χ4n) is 2.96. The molecule has 1 heterocycles. The zero-order valence-corrected chi connectivity index (χ0v) is 14.1. The van der Waals surface area contributed by atoms with Crippen molar-refractivity contribution >= 4 is 23.6 Å². The van der Waals surface area contributed by atoms with Crippen molar-refractivity contribution in [2.45, 2.75) is 12.8 Å². The second kappa shape index (κ2) is 8.29. The monoisotopic (exact) mass is 334 g/mol. The maximum atomic E-state index is 12.3. The van der Waals surface area contributed by atoms with Gasteiger partial charge in [-0.15, -0.1) is 0 Å². The van der Waals surface area contributed by atoms with Gasteiger partial charge in [-0.25, -0.2) is 0 Å². The first-order chi connectivity index (χ1) is 12.2. The van der Waals surface area contributed by atoms with Gasteiger partial charge in [0.05, 0.1) is 0 Å². The van der Waals surface area contributed by atoms with Gasteiger partial charge < -0.3 is 10.2 Å². The van der Waals surface area contributed by atoms with Crippen LogP contribution in [0.15, 0.2) is 66.7 Å². The van der Waals surface area contributed by atoms with Crippen LogP contribution in [0.4, 0.5) is 5.69 Å². The maximum absolute atomic E-state index is 12.3. The molecule has 1 saturated heterocycles. The Morgan fingerprint density at radius 2 is 1.52 bits per heavy atom. The summed E-state index contributed by atoms with van der Waals surface area (Å²) in [4.78, 5) is 26.4. The summed E-state index contributed by atoms with van der Waals surface area (Å²) in [6.45, 7) is 1.23. The van der Waals surface area contributed by atoms with Gasteiger partial charge in [0, 0.05) is 30.8 Å². The molecule has 25 heavy (non-hydrogen) atoms. The third-order valence-corrected chi connectivity index (χ3v) is 4.44. The molecule has 4 nitrogen and oxygen atoms in total. The van der Waals surface area contributed by atoms with Crippen LogP contribution in [0.1, 0.15) is 18.4 Å². The highest BCUT2D eigenvalue weighted by Gasteiger charge is 2.26. The number of nitrogens with zero attached hydrogens (tertiary/aromatic N) is 1. The van der Waals surface area contributed by atoms with E-state index in [0.29, 0.717) is 25.9 Å². The van der Waals surface area contributed by atoms with Gasteiger partial charge in [0.1, 0.15) is 0 Å². The van der Waals surface area contributed by atoms with E-state index in [1.54, 1.807) is 6.08 Å². The molecule has 0 bridgehead atoms. The Hall–Kier alpha value is -2.88. The number of anilines is 1. The van der Waals surface area contributed by atoms with Crippen molar-refractivity contribution in [2.75, 3.05) is 18.4 Å². The predicted molar refractivity (Wildman–Crippen MR) is 99.9 cm³/mol. The summed E-state index contributed by atoms with van der Waals surface area (Å²) in [5, 5.41) is 2.95. The van der Waals surface area contributed by atoms with Gasteiger partial charge in [-0.05, 0) is 36.6 Å². The zero-order chi connectivity index (χ0) is 17.5. The zero-order valence-electron chi connectivity index (χ0n) is 14.1. The van der Waals surface area contributed by atoms with E-state index in [1.165, 1.54) is 0 Å². The number of hydrogen-bond donors (Lipinski definition) is 1. The summed E-state index contributed by atoms with van der Waals surface area (Å²) in [5.41, 5.74) is 1.82. The molecule has 3 rings (SSSR count). The first-order valence-corrected chi connectivity index (χ1v) is 8.60. The number of hydrogen-bond acceptors (Lipinski definition) is 2. The number of nitrogens with one attached hydrogen (secondary N) is 1. The number of rotatable bonds is 4. The molecule has 2 amide bonds. The molecule has 1 aliphatic heterocycles. The molecule has 128 valence electrons. The number of likely N-dealkylation sites (tertiary alicyclic amines) is 1. The van der Waals surface area contributed by atoms with Crippen molar-refractivity contribution in [3.8, 4) is 0 Å². The van der Waals surface area contributed by atoms with Crippen molar-refractivity contribution in [1.82, 2.24) is 4.90 Å². The lowest BCUT2D eigenvalue weighted by Crippen LogP contribution is -2.40. The van der Waals surface area contributed by atoms with Crippen LogP contribution in [0.2, 0.25) is 0 Å². The minimum absolute atomic E-state index is 0.00534. The van der Waals surface area contributed by atoms with E-state index in [0.717, 1.165) is 11.3 Å². The van der Waals surface area contributed by atoms with E-state index < -0.39 is 0 Å². The smallest absolute Gasteiger partial charge is 0.246 e. The van der Waals surface area contributed by atoms with Crippen LogP contribution in [0, 0.1) is 5.92 Å². The summed E-state index contributed by atoms with van der Waals surface area (Å²) in [5.74, 6) is 0.00579. The van der Waals surface area contributed by atoms with Crippen molar-refractivity contribution in [1.29, 1.82) is 0 Å². The van der Waals surface area contributed by atoms with E-state index in [-0.39, 0.29) is 17.7 Å². The van der Waals surface area contributed by atoms with Gasteiger partial charge in [-0.2, -0.15) is 0 Å². The fraction of sp³-hybridized carbons (Fsp3) is 0.238. The van der Waals surface area contributed by atoms with Crippen molar-refractivity contribution in [2.24, 2.45) is 5.92 Å². The molecule has 1 aliphatic rings. The molecule has 4 heteroatoms. The van der Waals surface area contributed by atoms with Gasteiger partial charge >= 0.3 is 0 Å². The van der Waals surface area contributed by atoms with Crippen molar-refractivity contribution < 1.29 is 9.59 Å². The molecular weight excluding hydrogens is 312 g/mol. The van der Waals surface area contributed by atoms with E-state index in [1.807, 2.05) is 71.6 Å². The summed E-state index contributed by atoms with van der Waals surface area (Å²) in [6, 6.07) is 19.2. The lowest BCUT2D eigenvalue weighted by molar-refractivity contribution is -0.130. The van der Waals surface area contributed by atoms with Crippen LogP contribution in [-0.4, -0.2) is 29.8 Å². The lowest BCUT2D eigenvalue weighted by Gasteiger charge is -2.30. The molecule has 2 aromatic carbocycles. The molecule has 2 aromatic rings. The van der Waals surface area contributed by atoms with E-state index in [2.05, 4.69) is 5.32 Å². The Bertz CT molecular complexity index is 733. The number of carbonyl (C=O) groups excluding carboxylic acids is 2. The van der Waals surface area contributed by atoms with Crippen LogP contribution in [0.5, 0.6) is 0 Å². The van der Waals surface area contributed by atoms with Gasteiger partial charge in [-0.1, -0.05) is 48.5 Å². The Labute approximate surface area is 148 Å². The molecule has 0 radical (unpaired) electrons. The number of para-hydroxylation sites is 1. The molecule has 0 atom stereocenters. The van der Waals surface area contributed by atoms with Crippen LogP contribution in [0.3, 0.4) is 0 Å². The Balaban J connectivity index is 1.49. The van der Waals surface area contributed by atoms with Crippen molar-refractivity contribution in [3.63, 3.8) is 0 Å². The molecule has 0 aromatic heterocycles. The van der Waals surface area contributed by atoms with Gasteiger partial charge in [0.15, 0.2) is 0 Å². The minimum atomic E-state index is -0.0395. The van der Waals surface area contributed by atoms with Gasteiger partial charge in [-0.3, -0.25) is 9.59 Å². The average molecular weight is 334 g/mol. The summed E-state index contributed by atoms with van der Waals surface area (Å²) in [6.07, 6.45) is 4.84. The standard InChI is InChI=1S/C21H22N2O2/c24-20(12-11-17-7-3-1-4-8-17)23-15-13-18(14-16-23)21(25)22-19-9-5-2-6-10-19/h1-12,18H,13-16H2,(H,22,25)/b12-11+. The Morgan fingerprint density at radius 3 is 2.16 bits per heavy atom. The summed E-state index contributed by atoms with van der Waals surface area (Å²) in [7, 11) is 0. The largest absolute Gasteiger partial charge is 0.339 e. The van der Waals surface area contributed by atoms with Gasteiger partial charge in [0.25, 0.3) is 0 Å². The van der Waals surface area contributed by atoms with E-state index in [4.69, 9.17) is 0 Å². The van der Waals surface area contributed by atoms with E-state index >= 15 is 0 Å². The SMILES string of the molecule is O=C(Nc1ccccc1)C1CCN(C(=O)/C=C/c2ccccc2)CC1. The minimum Gasteiger partial charge on any atom is -0.339 e.